The van der Waals surface area contributed by atoms with Crippen LogP contribution in [0.4, 0.5) is 0 Å². The molecule has 3 rings (SSSR count). The van der Waals surface area contributed by atoms with Crippen LogP contribution in [-0.4, -0.2) is 43.4 Å². The van der Waals surface area contributed by atoms with Crippen LogP contribution >= 0.6 is 0 Å². The second-order valence-corrected chi connectivity index (χ2v) is 7.86. The highest BCUT2D eigenvalue weighted by molar-refractivity contribution is 7.89. The lowest BCUT2D eigenvalue weighted by molar-refractivity contribution is 0.279. The fourth-order valence-corrected chi connectivity index (χ4v) is 4.86. The first-order chi connectivity index (χ1) is 11.1. The van der Waals surface area contributed by atoms with Crippen LogP contribution in [0.25, 0.3) is 10.8 Å². The van der Waals surface area contributed by atoms with Crippen molar-refractivity contribution in [3.63, 3.8) is 0 Å². The lowest BCUT2D eigenvalue weighted by Crippen LogP contribution is -2.47. The summed E-state index contributed by atoms with van der Waals surface area (Å²) in [5, 5.41) is 5.21. The summed E-state index contributed by atoms with van der Waals surface area (Å²) < 4.78 is 28.0. The van der Waals surface area contributed by atoms with Gasteiger partial charge in [0.15, 0.2) is 0 Å². The molecule has 1 N–H and O–H groups in total. The van der Waals surface area contributed by atoms with E-state index in [-0.39, 0.29) is 6.04 Å². The number of hydrogen-bond acceptors (Lipinski definition) is 4. The molecule has 0 saturated carbocycles. The zero-order valence-electron chi connectivity index (χ0n) is 13.4. The third kappa shape index (κ3) is 3.39. The summed E-state index contributed by atoms with van der Waals surface area (Å²) in [6.45, 7) is 4.32. The number of nitrogens with zero attached hydrogens (tertiary/aromatic N) is 2. The van der Waals surface area contributed by atoms with Crippen LogP contribution in [0.3, 0.4) is 0 Å². The first-order valence-corrected chi connectivity index (χ1v) is 9.63. The molecule has 1 aliphatic rings. The van der Waals surface area contributed by atoms with Gasteiger partial charge in [-0.05, 0) is 49.4 Å². The molecule has 1 atom stereocenters. The van der Waals surface area contributed by atoms with Crippen molar-refractivity contribution in [2.45, 2.75) is 37.1 Å². The van der Waals surface area contributed by atoms with Crippen LogP contribution in [0.2, 0.25) is 0 Å². The monoisotopic (exact) mass is 333 g/mol. The zero-order valence-corrected chi connectivity index (χ0v) is 14.2. The molecule has 23 heavy (non-hydrogen) atoms. The van der Waals surface area contributed by atoms with Crippen molar-refractivity contribution in [2.24, 2.45) is 0 Å². The highest BCUT2D eigenvalue weighted by atomic mass is 32.2. The van der Waals surface area contributed by atoms with Gasteiger partial charge in [0.05, 0.1) is 4.90 Å². The van der Waals surface area contributed by atoms with Crippen LogP contribution in [0.15, 0.2) is 41.6 Å². The Bertz CT molecular complexity index is 776. The summed E-state index contributed by atoms with van der Waals surface area (Å²) in [5.74, 6) is 0. The fraction of sp³-hybridized carbons (Fsp3) is 0.471. The normalized spacial score (nSPS) is 21.0. The van der Waals surface area contributed by atoms with Gasteiger partial charge in [-0.1, -0.05) is 13.0 Å². The maximum Gasteiger partial charge on any atom is 0.243 e. The Morgan fingerprint density at radius 2 is 2.13 bits per heavy atom. The number of fused-ring (bicyclic) bond motifs is 1. The SMILES string of the molecule is CC[C@@H]1CNCCCCN1S(=O)(=O)c1ccc2cnccc2c1. The van der Waals surface area contributed by atoms with Gasteiger partial charge in [-0.25, -0.2) is 8.42 Å². The van der Waals surface area contributed by atoms with E-state index in [1.165, 1.54) is 0 Å². The predicted molar refractivity (Wildman–Crippen MR) is 91.8 cm³/mol. The van der Waals surface area contributed by atoms with E-state index >= 15 is 0 Å². The standard InChI is InChI=1S/C17H23N3O2S/c1-2-16-13-18-8-3-4-10-20(16)23(21,22)17-6-5-15-12-19-9-7-14(15)11-17/h5-7,9,11-12,16,18H,2-4,8,10,13H2,1H3/t16-/m1/s1. The van der Waals surface area contributed by atoms with Gasteiger partial charge in [-0.3, -0.25) is 4.98 Å². The van der Waals surface area contributed by atoms with Crippen molar-refractivity contribution in [2.75, 3.05) is 19.6 Å². The van der Waals surface area contributed by atoms with Gasteiger partial charge in [0, 0.05) is 36.9 Å². The molecule has 1 aromatic heterocycles. The molecule has 0 spiro atoms. The molecular formula is C17H23N3O2S. The summed E-state index contributed by atoms with van der Waals surface area (Å²) in [6.07, 6.45) is 6.14. The number of benzene rings is 1. The zero-order chi connectivity index (χ0) is 16.3. The molecule has 0 radical (unpaired) electrons. The van der Waals surface area contributed by atoms with Crippen LogP contribution in [-0.2, 0) is 10.0 Å². The minimum Gasteiger partial charge on any atom is -0.315 e. The van der Waals surface area contributed by atoms with Gasteiger partial charge < -0.3 is 5.32 Å². The summed E-state index contributed by atoms with van der Waals surface area (Å²) >= 11 is 0. The maximum atomic E-state index is 13.1. The highest BCUT2D eigenvalue weighted by Gasteiger charge is 2.30. The minimum atomic E-state index is -3.48. The third-order valence-electron chi connectivity index (χ3n) is 4.46. The lowest BCUT2D eigenvalue weighted by atomic mass is 10.2. The van der Waals surface area contributed by atoms with Gasteiger partial charge in [0.25, 0.3) is 0 Å². The molecule has 0 bridgehead atoms. The molecule has 0 amide bonds. The molecule has 6 heteroatoms. The van der Waals surface area contributed by atoms with E-state index in [9.17, 15) is 8.42 Å². The van der Waals surface area contributed by atoms with Crippen molar-refractivity contribution < 1.29 is 8.42 Å². The maximum absolute atomic E-state index is 13.1. The molecule has 0 unspecified atom stereocenters. The summed E-state index contributed by atoms with van der Waals surface area (Å²) in [7, 11) is -3.48. The van der Waals surface area contributed by atoms with Gasteiger partial charge in [-0.2, -0.15) is 4.31 Å². The van der Waals surface area contributed by atoms with Crippen molar-refractivity contribution in [3.8, 4) is 0 Å². The Balaban J connectivity index is 1.99. The second-order valence-electron chi connectivity index (χ2n) is 5.97. The fourth-order valence-electron chi connectivity index (χ4n) is 3.09. The van der Waals surface area contributed by atoms with Crippen molar-refractivity contribution in [1.82, 2.24) is 14.6 Å². The Kier molecular flexibility index (Phi) is 4.94. The van der Waals surface area contributed by atoms with Crippen molar-refractivity contribution >= 4 is 20.8 Å². The van der Waals surface area contributed by atoms with E-state index < -0.39 is 10.0 Å². The molecule has 0 aliphatic carbocycles. The molecular weight excluding hydrogens is 310 g/mol. The van der Waals surface area contributed by atoms with Crippen LogP contribution in [0, 0.1) is 0 Å². The first kappa shape index (κ1) is 16.4. The van der Waals surface area contributed by atoms with Gasteiger partial charge in [0.2, 0.25) is 10.0 Å². The third-order valence-corrected chi connectivity index (χ3v) is 6.41. The van der Waals surface area contributed by atoms with Crippen molar-refractivity contribution in [1.29, 1.82) is 0 Å². The van der Waals surface area contributed by atoms with Crippen LogP contribution in [0.5, 0.6) is 0 Å². The number of rotatable bonds is 3. The van der Waals surface area contributed by atoms with Crippen molar-refractivity contribution in [3.05, 3.63) is 36.7 Å². The minimum absolute atomic E-state index is 0.00781. The average molecular weight is 333 g/mol. The Hall–Kier alpha value is -1.50. The molecule has 1 aliphatic heterocycles. The van der Waals surface area contributed by atoms with E-state index in [2.05, 4.69) is 10.3 Å². The molecule has 2 aromatic rings. The predicted octanol–water partition coefficient (Wildman–Crippen LogP) is 2.39. The van der Waals surface area contributed by atoms with Crippen LogP contribution in [0.1, 0.15) is 26.2 Å². The van der Waals surface area contributed by atoms with Crippen LogP contribution < -0.4 is 5.32 Å². The van der Waals surface area contributed by atoms with Gasteiger partial charge >= 0.3 is 0 Å². The first-order valence-electron chi connectivity index (χ1n) is 8.19. The van der Waals surface area contributed by atoms with E-state index in [4.69, 9.17) is 0 Å². The number of sulfonamides is 1. The van der Waals surface area contributed by atoms with E-state index in [0.717, 1.165) is 36.6 Å². The molecule has 5 nitrogen and oxygen atoms in total. The molecule has 124 valence electrons. The van der Waals surface area contributed by atoms with Gasteiger partial charge in [0.1, 0.15) is 0 Å². The largest absolute Gasteiger partial charge is 0.315 e. The number of nitrogens with one attached hydrogen (secondary N) is 1. The van der Waals surface area contributed by atoms with E-state index in [1.807, 2.05) is 19.1 Å². The second kappa shape index (κ2) is 6.95. The number of pyridine rings is 1. The topological polar surface area (TPSA) is 62.3 Å². The number of aromatic nitrogens is 1. The Labute approximate surface area is 137 Å². The smallest absolute Gasteiger partial charge is 0.243 e. The quantitative estimate of drug-likeness (QED) is 0.937. The van der Waals surface area contributed by atoms with E-state index in [0.29, 0.717) is 18.0 Å². The molecule has 1 saturated heterocycles. The van der Waals surface area contributed by atoms with E-state index in [1.54, 1.807) is 28.8 Å². The highest BCUT2D eigenvalue weighted by Crippen LogP contribution is 2.24. The molecule has 1 aromatic carbocycles. The Morgan fingerprint density at radius 3 is 2.96 bits per heavy atom. The Morgan fingerprint density at radius 1 is 1.26 bits per heavy atom. The summed E-state index contributed by atoms with van der Waals surface area (Å²) in [6, 6.07) is 7.14. The lowest BCUT2D eigenvalue weighted by Gasteiger charge is -2.32. The molecule has 1 fully saturated rings. The average Bonchev–Trinajstić information content (AvgIpc) is 2.54. The number of hydrogen-bond donors (Lipinski definition) is 1. The molecule has 2 heterocycles. The summed E-state index contributed by atoms with van der Waals surface area (Å²) in [4.78, 5) is 4.45. The summed E-state index contributed by atoms with van der Waals surface area (Å²) in [5.41, 5.74) is 0. The van der Waals surface area contributed by atoms with Gasteiger partial charge in [-0.15, -0.1) is 0 Å².